The molecule has 0 bridgehead atoms. The number of aliphatic carboxylic acids is 1. The molecule has 0 amide bonds. The molecule has 4 aliphatic rings. The SMILES string of the molecule is C[C@]12CCC(=O)C=C1CC[C@@H]1[C@@H]2CC[C@]2(C)C(C(=O)C(O)CC(=O)O)=CC[C@@H]12. The molecule has 2 fully saturated rings. The van der Waals surface area contributed by atoms with Gasteiger partial charge in [0.25, 0.3) is 0 Å². The summed E-state index contributed by atoms with van der Waals surface area (Å²) >= 11 is 0. The average molecular weight is 386 g/mol. The van der Waals surface area contributed by atoms with E-state index in [9.17, 15) is 19.5 Å². The van der Waals surface area contributed by atoms with Crippen molar-refractivity contribution in [1.82, 2.24) is 0 Å². The van der Waals surface area contributed by atoms with E-state index in [1.807, 2.05) is 12.2 Å². The van der Waals surface area contributed by atoms with Gasteiger partial charge in [0.05, 0.1) is 6.42 Å². The van der Waals surface area contributed by atoms with Crippen LogP contribution in [0.2, 0.25) is 0 Å². The molecule has 152 valence electrons. The highest BCUT2D eigenvalue weighted by molar-refractivity contribution is 6.01. The third kappa shape index (κ3) is 2.81. The van der Waals surface area contributed by atoms with Gasteiger partial charge in [0, 0.05) is 12.0 Å². The summed E-state index contributed by atoms with van der Waals surface area (Å²) in [6.07, 6.45) is 8.17. The quantitative estimate of drug-likeness (QED) is 0.772. The van der Waals surface area contributed by atoms with Crippen molar-refractivity contribution in [3.63, 3.8) is 0 Å². The summed E-state index contributed by atoms with van der Waals surface area (Å²) in [4.78, 5) is 35.6. The first-order valence-electron chi connectivity index (χ1n) is 10.6. The highest BCUT2D eigenvalue weighted by atomic mass is 16.4. The van der Waals surface area contributed by atoms with Crippen LogP contribution in [0.5, 0.6) is 0 Å². The largest absolute Gasteiger partial charge is 0.481 e. The number of Topliss-reactive ketones (excluding diaryl/α,β-unsaturated/α-hetero) is 1. The summed E-state index contributed by atoms with van der Waals surface area (Å²) < 4.78 is 0. The van der Waals surface area contributed by atoms with Gasteiger partial charge in [0.2, 0.25) is 0 Å². The Balaban J connectivity index is 1.58. The maximum absolute atomic E-state index is 12.8. The van der Waals surface area contributed by atoms with Crippen LogP contribution in [0, 0.1) is 28.6 Å². The lowest BCUT2D eigenvalue weighted by atomic mass is 9.46. The highest BCUT2D eigenvalue weighted by Gasteiger charge is 2.58. The molecular formula is C23H30O5. The number of ketones is 2. The lowest BCUT2D eigenvalue weighted by molar-refractivity contribution is -0.142. The van der Waals surface area contributed by atoms with Gasteiger partial charge in [-0.2, -0.15) is 0 Å². The number of carbonyl (C=O) groups excluding carboxylic acids is 2. The van der Waals surface area contributed by atoms with E-state index in [1.54, 1.807) is 0 Å². The highest BCUT2D eigenvalue weighted by Crippen LogP contribution is 2.65. The van der Waals surface area contributed by atoms with Crippen LogP contribution in [-0.4, -0.2) is 33.9 Å². The molecule has 0 aromatic carbocycles. The van der Waals surface area contributed by atoms with Crippen molar-refractivity contribution in [2.45, 2.75) is 71.3 Å². The van der Waals surface area contributed by atoms with Crippen LogP contribution in [0.15, 0.2) is 23.3 Å². The minimum absolute atomic E-state index is 0.0910. The average Bonchev–Trinajstić information content (AvgIpc) is 2.98. The molecule has 2 saturated carbocycles. The van der Waals surface area contributed by atoms with Crippen LogP contribution in [0.1, 0.15) is 65.2 Å². The topological polar surface area (TPSA) is 91.7 Å². The molecule has 5 heteroatoms. The van der Waals surface area contributed by atoms with Gasteiger partial charge >= 0.3 is 5.97 Å². The molecule has 0 aromatic rings. The van der Waals surface area contributed by atoms with Gasteiger partial charge < -0.3 is 10.2 Å². The normalized spacial score (nSPS) is 40.5. The number of hydrogen-bond donors (Lipinski definition) is 2. The lowest BCUT2D eigenvalue weighted by Crippen LogP contribution is -2.50. The molecular weight excluding hydrogens is 356 g/mol. The van der Waals surface area contributed by atoms with Crippen LogP contribution < -0.4 is 0 Å². The third-order valence-corrected chi connectivity index (χ3v) is 8.48. The molecule has 28 heavy (non-hydrogen) atoms. The van der Waals surface area contributed by atoms with Gasteiger partial charge in [-0.1, -0.05) is 25.5 Å². The Morgan fingerprint density at radius 2 is 1.89 bits per heavy atom. The summed E-state index contributed by atoms with van der Waals surface area (Å²) in [6.45, 7) is 4.46. The second kappa shape index (κ2) is 6.65. The van der Waals surface area contributed by atoms with Crippen LogP contribution in [0.4, 0.5) is 0 Å². The van der Waals surface area contributed by atoms with Crippen molar-refractivity contribution in [2.24, 2.45) is 28.6 Å². The second-order valence-electron chi connectivity index (χ2n) is 9.76. The molecule has 0 saturated heterocycles. The predicted molar refractivity (Wildman–Crippen MR) is 103 cm³/mol. The van der Waals surface area contributed by atoms with Gasteiger partial charge in [0.15, 0.2) is 11.6 Å². The molecule has 0 radical (unpaired) electrons. The minimum atomic E-state index is -1.46. The van der Waals surface area contributed by atoms with Crippen LogP contribution in [-0.2, 0) is 14.4 Å². The zero-order valence-corrected chi connectivity index (χ0v) is 16.7. The lowest BCUT2D eigenvalue weighted by Gasteiger charge is -2.57. The number of carboxylic acids is 1. The van der Waals surface area contributed by atoms with Crippen molar-refractivity contribution in [1.29, 1.82) is 0 Å². The first kappa shape index (κ1) is 19.6. The van der Waals surface area contributed by atoms with Crippen LogP contribution in [0.3, 0.4) is 0 Å². The van der Waals surface area contributed by atoms with Crippen LogP contribution >= 0.6 is 0 Å². The summed E-state index contributed by atoms with van der Waals surface area (Å²) in [5, 5.41) is 19.0. The molecule has 1 unspecified atom stereocenters. The van der Waals surface area contributed by atoms with Gasteiger partial charge in [-0.25, -0.2) is 0 Å². The Hall–Kier alpha value is -1.75. The monoisotopic (exact) mass is 386 g/mol. The number of fused-ring (bicyclic) bond motifs is 5. The van der Waals surface area contributed by atoms with E-state index < -0.39 is 24.3 Å². The predicted octanol–water partition coefficient (Wildman–Crippen LogP) is 3.46. The van der Waals surface area contributed by atoms with Crippen molar-refractivity contribution >= 4 is 17.5 Å². The Morgan fingerprint density at radius 3 is 2.61 bits per heavy atom. The molecule has 2 N–H and O–H groups in total. The fourth-order valence-corrected chi connectivity index (χ4v) is 6.95. The first-order valence-corrected chi connectivity index (χ1v) is 10.6. The maximum Gasteiger partial charge on any atom is 0.306 e. The maximum atomic E-state index is 12.8. The zero-order valence-electron chi connectivity index (χ0n) is 16.7. The van der Waals surface area contributed by atoms with Crippen molar-refractivity contribution in [2.75, 3.05) is 0 Å². The Bertz CT molecular complexity index is 793. The Labute approximate surface area is 165 Å². The molecule has 0 spiro atoms. The number of carboxylic acid groups (broad SMARTS) is 1. The number of aliphatic hydroxyl groups is 1. The van der Waals surface area contributed by atoms with E-state index in [0.29, 0.717) is 29.7 Å². The van der Waals surface area contributed by atoms with E-state index in [0.717, 1.165) is 38.5 Å². The fraction of sp³-hybridized carbons (Fsp3) is 0.696. The molecule has 0 aliphatic heterocycles. The standard InChI is InChI=1S/C23H30O5/c1-22-9-7-14(24)11-13(22)3-4-15-16-5-6-18(21(28)19(25)12-20(26)27)23(16,2)10-8-17(15)22/h6,11,15-17,19,25H,3-5,7-10,12H2,1-2H3,(H,26,27)/t15-,16-,17-,19?,22-,23-/m0/s1. The molecule has 4 rings (SSSR count). The second-order valence-corrected chi connectivity index (χ2v) is 9.76. The number of hydrogen-bond acceptors (Lipinski definition) is 4. The van der Waals surface area contributed by atoms with E-state index in [2.05, 4.69) is 13.8 Å². The smallest absolute Gasteiger partial charge is 0.306 e. The van der Waals surface area contributed by atoms with Crippen molar-refractivity contribution < 1.29 is 24.6 Å². The van der Waals surface area contributed by atoms with Gasteiger partial charge in [0.1, 0.15) is 6.10 Å². The van der Waals surface area contributed by atoms with Crippen molar-refractivity contribution in [3.05, 3.63) is 23.3 Å². The molecule has 0 heterocycles. The van der Waals surface area contributed by atoms with Crippen LogP contribution in [0.25, 0.3) is 0 Å². The third-order valence-electron chi connectivity index (χ3n) is 8.48. The summed E-state index contributed by atoms with van der Waals surface area (Å²) in [6, 6.07) is 0. The molecule has 4 aliphatic carbocycles. The first-order chi connectivity index (χ1) is 13.2. The Kier molecular flexibility index (Phi) is 4.65. The molecule has 0 aromatic heterocycles. The van der Waals surface area contributed by atoms with Gasteiger partial charge in [-0.05, 0) is 73.2 Å². The van der Waals surface area contributed by atoms with E-state index in [4.69, 9.17) is 5.11 Å². The molecule has 6 atom stereocenters. The van der Waals surface area contributed by atoms with E-state index in [-0.39, 0.29) is 16.6 Å². The van der Waals surface area contributed by atoms with Crippen molar-refractivity contribution in [3.8, 4) is 0 Å². The number of rotatable bonds is 4. The fourth-order valence-electron chi connectivity index (χ4n) is 6.95. The zero-order chi connectivity index (χ0) is 20.3. The summed E-state index contributed by atoms with van der Waals surface area (Å²) in [7, 11) is 0. The summed E-state index contributed by atoms with van der Waals surface area (Å²) in [5.41, 5.74) is 1.79. The summed E-state index contributed by atoms with van der Waals surface area (Å²) in [5.74, 6) is 0.0957. The minimum Gasteiger partial charge on any atom is -0.481 e. The van der Waals surface area contributed by atoms with Gasteiger partial charge in [-0.15, -0.1) is 0 Å². The number of aliphatic hydroxyl groups excluding tert-OH is 1. The van der Waals surface area contributed by atoms with E-state index in [1.165, 1.54) is 5.57 Å². The number of carbonyl (C=O) groups is 3. The van der Waals surface area contributed by atoms with E-state index >= 15 is 0 Å². The molecule has 5 nitrogen and oxygen atoms in total. The number of allylic oxidation sites excluding steroid dienone is 3. The van der Waals surface area contributed by atoms with Gasteiger partial charge in [-0.3, -0.25) is 14.4 Å². The Morgan fingerprint density at radius 1 is 1.14 bits per heavy atom.